The van der Waals surface area contributed by atoms with E-state index < -0.39 is 10.0 Å². The van der Waals surface area contributed by atoms with Crippen molar-refractivity contribution in [3.63, 3.8) is 0 Å². The van der Waals surface area contributed by atoms with Crippen molar-refractivity contribution < 1.29 is 8.42 Å². The maximum atomic E-state index is 13.2. The predicted molar refractivity (Wildman–Crippen MR) is 101 cm³/mol. The van der Waals surface area contributed by atoms with Gasteiger partial charge < -0.3 is 0 Å². The van der Waals surface area contributed by atoms with Gasteiger partial charge in [-0.1, -0.05) is 25.1 Å². The van der Waals surface area contributed by atoms with Gasteiger partial charge in [-0.3, -0.25) is 4.98 Å². The van der Waals surface area contributed by atoms with Crippen LogP contribution in [0.15, 0.2) is 70.4 Å². The van der Waals surface area contributed by atoms with Gasteiger partial charge in [0.25, 0.3) is 0 Å². The Balaban J connectivity index is 1.93. The highest BCUT2D eigenvalue weighted by atomic mass is 32.2. The van der Waals surface area contributed by atoms with Crippen LogP contribution in [0, 0.1) is 0 Å². The molecule has 0 aliphatic carbocycles. The molecule has 0 unspecified atom stereocenters. The number of nitrogens with zero attached hydrogens (tertiary/aromatic N) is 2. The van der Waals surface area contributed by atoms with Crippen molar-refractivity contribution in [1.29, 1.82) is 0 Å². The standard InChI is InChI=1S/C19H20N2O2S2/c1-2-16-6-8-19(9-7-16)25(22,23)21(13-17-10-12-24-15-17)14-18-5-3-4-11-20-18/h3-12,15H,2,13-14H2,1H3. The number of hydrogen-bond donors (Lipinski definition) is 0. The van der Waals surface area contributed by atoms with Crippen molar-refractivity contribution in [3.8, 4) is 0 Å². The predicted octanol–water partition coefficient (Wildman–Crippen LogP) is 4.10. The molecule has 0 saturated heterocycles. The highest BCUT2D eigenvalue weighted by Gasteiger charge is 2.25. The van der Waals surface area contributed by atoms with Crippen LogP contribution in [0.5, 0.6) is 0 Å². The van der Waals surface area contributed by atoms with E-state index in [2.05, 4.69) is 4.98 Å². The summed E-state index contributed by atoms with van der Waals surface area (Å²) >= 11 is 1.56. The van der Waals surface area contributed by atoms with Crippen LogP contribution in [-0.2, 0) is 29.5 Å². The summed E-state index contributed by atoms with van der Waals surface area (Å²) in [5, 5.41) is 3.93. The highest BCUT2D eigenvalue weighted by molar-refractivity contribution is 7.89. The average Bonchev–Trinajstić information content (AvgIpc) is 3.15. The van der Waals surface area contributed by atoms with Crippen molar-refractivity contribution in [1.82, 2.24) is 9.29 Å². The Morgan fingerprint density at radius 1 is 1.00 bits per heavy atom. The molecule has 25 heavy (non-hydrogen) atoms. The van der Waals surface area contributed by atoms with Gasteiger partial charge in [0.15, 0.2) is 0 Å². The van der Waals surface area contributed by atoms with Crippen molar-refractivity contribution >= 4 is 21.4 Å². The van der Waals surface area contributed by atoms with Gasteiger partial charge in [-0.05, 0) is 58.6 Å². The fraction of sp³-hybridized carbons (Fsp3) is 0.211. The monoisotopic (exact) mass is 372 g/mol. The number of benzene rings is 1. The molecule has 2 aromatic heterocycles. The topological polar surface area (TPSA) is 50.3 Å². The maximum absolute atomic E-state index is 13.2. The van der Waals surface area contributed by atoms with Crippen molar-refractivity contribution in [3.05, 3.63) is 82.3 Å². The van der Waals surface area contributed by atoms with Crippen molar-refractivity contribution in [2.75, 3.05) is 0 Å². The van der Waals surface area contributed by atoms with Crippen LogP contribution in [0.3, 0.4) is 0 Å². The molecule has 0 amide bonds. The van der Waals surface area contributed by atoms with Crippen LogP contribution < -0.4 is 0 Å². The fourth-order valence-corrected chi connectivity index (χ4v) is 4.59. The molecule has 0 aliphatic heterocycles. The molecular formula is C19H20N2O2S2. The van der Waals surface area contributed by atoms with Gasteiger partial charge in [0.1, 0.15) is 0 Å². The van der Waals surface area contributed by atoms with Gasteiger partial charge in [-0.2, -0.15) is 15.6 Å². The molecule has 3 aromatic rings. The summed E-state index contributed by atoms with van der Waals surface area (Å²) < 4.78 is 27.8. The summed E-state index contributed by atoms with van der Waals surface area (Å²) in [5.74, 6) is 0. The van der Waals surface area contributed by atoms with E-state index in [-0.39, 0.29) is 6.54 Å². The van der Waals surface area contributed by atoms with Crippen LogP contribution in [-0.4, -0.2) is 17.7 Å². The number of thiophene rings is 1. The molecule has 0 saturated carbocycles. The van der Waals surface area contributed by atoms with Gasteiger partial charge in [0, 0.05) is 12.7 Å². The molecule has 4 nitrogen and oxygen atoms in total. The summed E-state index contributed by atoms with van der Waals surface area (Å²) in [6.45, 7) is 2.62. The van der Waals surface area contributed by atoms with Gasteiger partial charge in [0.2, 0.25) is 10.0 Å². The van der Waals surface area contributed by atoms with E-state index in [0.29, 0.717) is 11.4 Å². The van der Waals surface area contributed by atoms with Gasteiger partial charge in [-0.25, -0.2) is 8.42 Å². The Labute approximate surface area is 152 Å². The zero-order valence-electron chi connectivity index (χ0n) is 14.0. The second kappa shape index (κ2) is 7.91. The number of aromatic nitrogens is 1. The minimum atomic E-state index is -3.60. The smallest absolute Gasteiger partial charge is 0.243 e. The zero-order chi connectivity index (χ0) is 17.7. The minimum Gasteiger partial charge on any atom is -0.260 e. The number of pyridine rings is 1. The Bertz CT molecular complexity index is 890. The van der Waals surface area contributed by atoms with E-state index in [4.69, 9.17) is 0 Å². The summed E-state index contributed by atoms with van der Waals surface area (Å²) in [4.78, 5) is 4.59. The van der Waals surface area contributed by atoms with Gasteiger partial charge >= 0.3 is 0 Å². The molecule has 0 fully saturated rings. The first-order valence-electron chi connectivity index (χ1n) is 8.09. The molecule has 130 valence electrons. The molecule has 0 N–H and O–H groups in total. The van der Waals surface area contributed by atoms with Gasteiger partial charge in [0.05, 0.1) is 17.1 Å². The van der Waals surface area contributed by atoms with Crippen LogP contribution >= 0.6 is 11.3 Å². The van der Waals surface area contributed by atoms with Crippen LogP contribution in [0.1, 0.15) is 23.7 Å². The number of hydrogen-bond acceptors (Lipinski definition) is 4. The summed E-state index contributed by atoms with van der Waals surface area (Å²) in [6.07, 6.45) is 2.56. The summed E-state index contributed by atoms with van der Waals surface area (Å²) in [6, 6.07) is 14.6. The molecule has 0 aliphatic rings. The normalized spacial score (nSPS) is 11.8. The third-order valence-corrected chi connectivity index (χ3v) is 6.51. The lowest BCUT2D eigenvalue weighted by Crippen LogP contribution is -2.30. The number of aryl methyl sites for hydroxylation is 1. The van der Waals surface area contributed by atoms with E-state index in [1.54, 1.807) is 29.7 Å². The summed E-state index contributed by atoms with van der Waals surface area (Å²) in [7, 11) is -3.60. The molecule has 0 bridgehead atoms. The second-order valence-electron chi connectivity index (χ2n) is 5.72. The lowest BCUT2D eigenvalue weighted by molar-refractivity contribution is 0.397. The SMILES string of the molecule is CCc1ccc(S(=O)(=O)N(Cc2ccsc2)Cc2ccccn2)cc1. The van der Waals surface area contributed by atoms with E-state index >= 15 is 0 Å². The lowest BCUT2D eigenvalue weighted by Gasteiger charge is -2.21. The third kappa shape index (κ3) is 4.34. The van der Waals surface area contributed by atoms with Crippen LogP contribution in [0.4, 0.5) is 0 Å². The molecule has 0 atom stereocenters. The number of rotatable bonds is 7. The molecule has 6 heteroatoms. The van der Waals surface area contributed by atoms with E-state index in [1.807, 2.05) is 54.1 Å². The Morgan fingerprint density at radius 3 is 2.40 bits per heavy atom. The molecular weight excluding hydrogens is 352 g/mol. The fourth-order valence-electron chi connectivity index (χ4n) is 2.53. The first-order valence-corrected chi connectivity index (χ1v) is 10.5. The minimum absolute atomic E-state index is 0.245. The first-order chi connectivity index (χ1) is 12.1. The average molecular weight is 373 g/mol. The second-order valence-corrected chi connectivity index (χ2v) is 8.44. The Hall–Kier alpha value is -2.02. The quantitative estimate of drug-likeness (QED) is 0.627. The van der Waals surface area contributed by atoms with Crippen LogP contribution in [0.2, 0.25) is 0 Å². The van der Waals surface area contributed by atoms with Crippen LogP contribution in [0.25, 0.3) is 0 Å². The Kier molecular flexibility index (Phi) is 5.63. The molecule has 1 aromatic carbocycles. The first kappa shape index (κ1) is 17.8. The zero-order valence-corrected chi connectivity index (χ0v) is 15.6. The van der Waals surface area contributed by atoms with Crippen molar-refractivity contribution in [2.45, 2.75) is 31.3 Å². The molecule has 0 spiro atoms. The van der Waals surface area contributed by atoms with E-state index in [9.17, 15) is 8.42 Å². The molecule has 0 radical (unpaired) electrons. The third-order valence-electron chi connectivity index (χ3n) is 3.97. The summed E-state index contributed by atoms with van der Waals surface area (Å²) in [5.41, 5.74) is 2.83. The van der Waals surface area contributed by atoms with Gasteiger partial charge in [-0.15, -0.1) is 0 Å². The van der Waals surface area contributed by atoms with Crippen molar-refractivity contribution in [2.24, 2.45) is 0 Å². The van der Waals surface area contributed by atoms with E-state index in [1.165, 1.54) is 4.31 Å². The molecule has 3 rings (SSSR count). The molecule has 2 heterocycles. The lowest BCUT2D eigenvalue weighted by atomic mass is 10.2. The number of sulfonamides is 1. The largest absolute Gasteiger partial charge is 0.260 e. The van der Waals surface area contributed by atoms with E-state index in [0.717, 1.165) is 23.2 Å². The highest BCUT2D eigenvalue weighted by Crippen LogP contribution is 2.22. The maximum Gasteiger partial charge on any atom is 0.243 e. The Morgan fingerprint density at radius 2 is 1.80 bits per heavy atom.